The Bertz CT molecular complexity index is 941. The lowest BCUT2D eigenvalue weighted by atomic mass is 10.1. The van der Waals surface area contributed by atoms with Gasteiger partial charge < -0.3 is 14.8 Å². The van der Waals surface area contributed by atoms with Crippen LogP contribution < -0.4 is 14.8 Å². The Morgan fingerprint density at radius 3 is 2.17 bits per heavy atom. The second-order valence-corrected chi connectivity index (χ2v) is 6.24. The number of rotatable bonds is 8. The average Bonchev–Trinajstić information content (AvgIpc) is 2.74. The largest absolute Gasteiger partial charge is 0.489 e. The minimum absolute atomic E-state index is 0.0612. The number of non-ortho nitro benzene ring substituents is 1. The molecule has 0 saturated heterocycles. The monoisotopic (exact) mass is 392 g/mol. The van der Waals surface area contributed by atoms with E-state index in [-0.39, 0.29) is 11.4 Å². The van der Waals surface area contributed by atoms with Gasteiger partial charge in [-0.3, -0.25) is 10.1 Å². The number of nitrogens with one attached hydrogen (secondary N) is 1. The Morgan fingerprint density at radius 1 is 0.862 bits per heavy atom. The molecule has 0 radical (unpaired) electrons. The van der Waals surface area contributed by atoms with Crippen molar-refractivity contribution < 1.29 is 19.2 Å². The van der Waals surface area contributed by atoms with Gasteiger partial charge in [0.1, 0.15) is 18.1 Å². The van der Waals surface area contributed by atoms with E-state index in [1.165, 1.54) is 24.3 Å². The lowest BCUT2D eigenvalue weighted by Gasteiger charge is -2.08. The summed E-state index contributed by atoms with van der Waals surface area (Å²) in [6, 6.07) is 22.9. The zero-order valence-electron chi connectivity index (χ0n) is 15.6. The fourth-order valence-corrected chi connectivity index (χ4v) is 2.58. The fourth-order valence-electron chi connectivity index (χ4n) is 2.58. The van der Waals surface area contributed by atoms with Gasteiger partial charge in [0.25, 0.3) is 5.69 Å². The number of carbonyl (C=O) groups is 1. The van der Waals surface area contributed by atoms with Crippen LogP contribution in [0.2, 0.25) is 0 Å². The van der Waals surface area contributed by atoms with Crippen molar-refractivity contribution in [3.8, 4) is 11.5 Å². The van der Waals surface area contributed by atoms with E-state index in [1.807, 2.05) is 54.6 Å². The smallest absolute Gasteiger partial charge is 0.412 e. The maximum Gasteiger partial charge on any atom is 0.412 e. The molecule has 0 unspecified atom stereocenters. The molecule has 0 heterocycles. The predicted octanol–water partition coefficient (Wildman–Crippen LogP) is 4.50. The van der Waals surface area contributed by atoms with Gasteiger partial charge in [0.15, 0.2) is 0 Å². The number of carbonyl (C=O) groups excluding carboxylic acids is 1. The summed E-state index contributed by atoms with van der Waals surface area (Å²) in [5, 5.41) is 13.3. The summed E-state index contributed by atoms with van der Waals surface area (Å²) in [6.45, 7) is 0.909. The van der Waals surface area contributed by atoms with Crippen LogP contribution in [0.15, 0.2) is 78.9 Å². The SMILES string of the molecule is O=C(NCCc1ccc(OCc2ccccc2)cc1)Oc1ccc([N+](=O)[O-])cc1. The number of nitro groups is 1. The van der Waals surface area contributed by atoms with Crippen LogP contribution in [0.25, 0.3) is 0 Å². The normalized spacial score (nSPS) is 10.2. The molecule has 0 aliphatic carbocycles. The molecule has 3 rings (SSSR count). The fraction of sp³-hybridized carbons (Fsp3) is 0.136. The molecule has 1 N–H and O–H groups in total. The molecule has 0 aliphatic heterocycles. The molecule has 7 nitrogen and oxygen atoms in total. The van der Waals surface area contributed by atoms with Crippen molar-refractivity contribution in [2.45, 2.75) is 13.0 Å². The highest BCUT2D eigenvalue weighted by molar-refractivity contribution is 5.70. The van der Waals surface area contributed by atoms with Crippen LogP contribution in [-0.2, 0) is 13.0 Å². The first kappa shape index (κ1) is 19.9. The average molecular weight is 392 g/mol. The maximum atomic E-state index is 11.8. The van der Waals surface area contributed by atoms with Crippen molar-refractivity contribution in [1.29, 1.82) is 0 Å². The second-order valence-electron chi connectivity index (χ2n) is 6.24. The number of hydrogen-bond donors (Lipinski definition) is 1. The van der Waals surface area contributed by atoms with Crippen LogP contribution in [0.5, 0.6) is 11.5 Å². The third-order valence-electron chi connectivity index (χ3n) is 4.11. The molecule has 1 amide bonds. The van der Waals surface area contributed by atoms with E-state index in [4.69, 9.17) is 9.47 Å². The lowest BCUT2D eigenvalue weighted by Crippen LogP contribution is -2.28. The predicted molar refractivity (Wildman–Crippen MR) is 108 cm³/mol. The first-order valence-corrected chi connectivity index (χ1v) is 9.06. The molecular formula is C22H20N2O5. The van der Waals surface area contributed by atoms with E-state index >= 15 is 0 Å². The number of nitro benzene ring substituents is 1. The Labute approximate surface area is 168 Å². The molecule has 0 saturated carbocycles. The highest BCUT2D eigenvalue weighted by atomic mass is 16.6. The van der Waals surface area contributed by atoms with Crippen LogP contribution in [0, 0.1) is 10.1 Å². The van der Waals surface area contributed by atoms with Crippen LogP contribution in [-0.4, -0.2) is 17.6 Å². The van der Waals surface area contributed by atoms with Gasteiger partial charge in [0, 0.05) is 18.7 Å². The topological polar surface area (TPSA) is 90.7 Å². The molecule has 3 aromatic carbocycles. The molecule has 148 valence electrons. The van der Waals surface area contributed by atoms with Crippen molar-refractivity contribution in [2.24, 2.45) is 0 Å². The molecule has 0 spiro atoms. The molecule has 0 fully saturated rings. The second kappa shape index (κ2) is 9.89. The standard InChI is InChI=1S/C22H20N2O5/c25-22(29-21-12-8-19(9-13-21)24(26)27)23-15-14-17-6-10-20(11-7-17)28-16-18-4-2-1-3-5-18/h1-13H,14-16H2,(H,23,25). The summed E-state index contributed by atoms with van der Waals surface area (Å²) >= 11 is 0. The van der Waals surface area contributed by atoms with Gasteiger partial charge in [0.2, 0.25) is 0 Å². The van der Waals surface area contributed by atoms with Gasteiger partial charge in [-0.05, 0) is 41.8 Å². The Hall–Kier alpha value is -3.87. The quantitative estimate of drug-likeness (QED) is 0.450. The summed E-state index contributed by atoms with van der Waals surface area (Å²) in [4.78, 5) is 21.9. The van der Waals surface area contributed by atoms with Crippen LogP contribution in [0.1, 0.15) is 11.1 Å². The van der Waals surface area contributed by atoms with Gasteiger partial charge >= 0.3 is 6.09 Å². The maximum absolute atomic E-state index is 11.8. The van der Waals surface area contributed by atoms with Crippen molar-refractivity contribution in [3.05, 3.63) is 100 Å². The number of hydrogen-bond acceptors (Lipinski definition) is 5. The highest BCUT2D eigenvalue weighted by Crippen LogP contribution is 2.17. The summed E-state index contributed by atoms with van der Waals surface area (Å²) in [6.07, 6.45) is 0.0237. The third kappa shape index (κ3) is 6.35. The summed E-state index contributed by atoms with van der Waals surface area (Å²) in [5.74, 6) is 1.02. The molecule has 0 atom stereocenters. The first-order valence-electron chi connectivity index (χ1n) is 9.06. The van der Waals surface area contributed by atoms with Crippen molar-refractivity contribution in [1.82, 2.24) is 5.32 Å². The van der Waals surface area contributed by atoms with E-state index in [2.05, 4.69) is 5.32 Å². The van der Waals surface area contributed by atoms with Gasteiger partial charge in [-0.2, -0.15) is 0 Å². The van der Waals surface area contributed by atoms with Crippen LogP contribution in [0.3, 0.4) is 0 Å². The molecule has 0 bridgehead atoms. The first-order chi connectivity index (χ1) is 14.1. The molecule has 0 aromatic heterocycles. The van der Waals surface area contributed by atoms with Crippen LogP contribution >= 0.6 is 0 Å². The summed E-state index contributed by atoms with van der Waals surface area (Å²) in [7, 11) is 0. The molecule has 7 heteroatoms. The van der Waals surface area contributed by atoms with Gasteiger partial charge in [-0.1, -0.05) is 42.5 Å². The molecular weight excluding hydrogens is 372 g/mol. The minimum Gasteiger partial charge on any atom is -0.489 e. The van der Waals surface area contributed by atoms with E-state index in [0.29, 0.717) is 19.6 Å². The van der Waals surface area contributed by atoms with Gasteiger partial charge in [-0.15, -0.1) is 0 Å². The number of benzene rings is 3. The van der Waals surface area contributed by atoms with E-state index in [1.54, 1.807) is 0 Å². The van der Waals surface area contributed by atoms with Crippen molar-refractivity contribution in [2.75, 3.05) is 6.54 Å². The Morgan fingerprint density at radius 2 is 1.52 bits per heavy atom. The Kier molecular flexibility index (Phi) is 6.78. The van der Waals surface area contributed by atoms with E-state index in [0.717, 1.165) is 16.9 Å². The zero-order chi connectivity index (χ0) is 20.5. The van der Waals surface area contributed by atoms with Gasteiger partial charge in [0.05, 0.1) is 4.92 Å². The van der Waals surface area contributed by atoms with Crippen LogP contribution in [0.4, 0.5) is 10.5 Å². The number of nitrogens with zero attached hydrogens (tertiary/aromatic N) is 1. The van der Waals surface area contributed by atoms with Crippen molar-refractivity contribution >= 4 is 11.8 Å². The van der Waals surface area contributed by atoms with Crippen molar-refractivity contribution in [3.63, 3.8) is 0 Å². The molecule has 29 heavy (non-hydrogen) atoms. The van der Waals surface area contributed by atoms with E-state index in [9.17, 15) is 14.9 Å². The summed E-state index contributed by atoms with van der Waals surface area (Å²) in [5.41, 5.74) is 2.09. The molecule has 0 aliphatic rings. The number of amides is 1. The zero-order valence-corrected chi connectivity index (χ0v) is 15.6. The lowest BCUT2D eigenvalue weighted by molar-refractivity contribution is -0.384. The molecule has 3 aromatic rings. The van der Waals surface area contributed by atoms with E-state index < -0.39 is 11.0 Å². The summed E-state index contributed by atoms with van der Waals surface area (Å²) < 4.78 is 10.8. The highest BCUT2D eigenvalue weighted by Gasteiger charge is 2.08. The third-order valence-corrected chi connectivity index (χ3v) is 4.11. The van der Waals surface area contributed by atoms with Gasteiger partial charge in [-0.25, -0.2) is 4.79 Å². The Balaban J connectivity index is 1.39. The minimum atomic E-state index is -0.610. The number of ether oxygens (including phenoxy) is 2.